The second-order valence-corrected chi connectivity index (χ2v) is 4.85. The van der Waals surface area contributed by atoms with Crippen molar-refractivity contribution >= 4 is 5.95 Å². The Morgan fingerprint density at radius 2 is 2.17 bits per heavy atom. The maximum atomic E-state index is 8.88. The minimum Gasteiger partial charge on any atom is -0.337 e. The summed E-state index contributed by atoms with van der Waals surface area (Å²) in [6, 6.07) is 2.56. The first kappa shape index (κ1) is 12.8. The highest BCUT2D eigenvalue weighted by Crippen LogP contribution is 2.23. The van der Waals surface area contributed by atoms with Gasteiger partial charge in [-0.25, -0.2) is 9.97 Å². The van der Waals surface area contributed by atoms with Crippen LogP contribution in [0.4, 0.5) is 5.95 Å². The fourth-order valence-corrected chi connectivity index (χ4v) is 2.50. The molecule has 0 aromatic carbocycles. The molecular formula is C14H20N4. The molecule has 1 fully saturated rings. The molecule has 0 aliphatic carbocycles. The quantitative estimate of drug-likeness (QED) is 0.817. The Hall–Kier alpha value is -1.63. The van der Waals surface area contributed by atoms with E-state index >= 15 is 0 Å². The Morgan fingerprint density at radius 3 is 2.83 bits per heavy atom. The number of nitrogens with zero attached hydrogens (tertiary/aromatic N) is 4. The molecule has 0 N–H and O–H groups in total. The highest BCUT2D eigenvalue weighted by Gasteiger charge is 2.24. The van der Waals surface area contributed by atoms with Gasteiger partial charge in [0, 0.05) is 25.0 Å². The molecular weight excluding hydrogens is 224 g/mol. The van der Waals surface area contributed by atoms with Gasteiger partial charge in [0.15, 0.2) is 0 Å². The van der Waals surface area contributed by atoms with Crippen LogP contribution in [-0.2, 0) is 6.42 Å². The molecule has 1 unspecified atom stereocenters. The number of nitriles is 1. The molecule has 0 amide bonds. The van der Waals surface area contributed by atoms with Gasteiger partial charge in [-0.2, -0.15) is 5.26 Å². The summed E-state index contributed by atoms with van der Waals surface area (Å²) in [6.45, 7) is 3.13. The standard InChI is InChI=1S/C14H20N4/c1-2-5-12-10-16-14(17-11-12)18-9-4-3-6-13(18)7-8-15/h10-11,13H,2-7,9H2,1H3. The van der Waals surface area contributed by atoms with Crippen molar-refractivity contribution in [2.45, 2.75) is 51.5 Å². The van der Waals surface area contributed by atoms with Crippen LogP contribution in [0.15, 0.2) is 12.4 Å². The number of piperidine rings is 1. The monoisotopic (exact) mass is 244 g/mol. The Morgan fingerprint density at radius 1 is 1.39 bits per heavy atom. The van der Waals surface area contributed by atoms with E-state index < -0.39 is 0 Å². The van der Waals surface area contributed by atoms with E-state index in [9.17, 15) is 0 Å². The highest BCUT2D eigenvalue weighted by molar-refractivity contribution is 5.33. The van der Waals surface area contributed by atoms with Gasteiger partial charge in [0.1, 0.15) is 0 Å². The zero-order valence-electron chi connectivity index (χ0n) is 11.0. The number of aromatic nitrogens is 2. The third-order valence-electron chi connectivity index (χ3n) is 3.44. The molecule has 1 atom stereocenters. The number of hydrogen-bond donors (Lipinski definition) is 0. The van der Waals surface area contributed by atoms with Crippen molar-refractivity contribution in [2.24, 2.45) is 0 Å². The number of rotatable bonds is 4. The van der Waals surface area contributed by atoms with E-state index in [0.29, 0.717) is 12.5 Å². The summed E-state index contributed by atoms with van der Waals surface area (Å²) in [5.74, 6) is 0.787. The molecule has 96 valence electrons. The van der Waals surface area contributed by atoms with Crippen molar-refractivity contribution in [2.75, 3.05) is 11.4 Å². The lowest BCUT2D eigenvalue weighted by Crippen LogP contribution is -2.40. The number of aryl methyl sites for hydroxylation is 1. The third kappa shape index (κ3) is 2.98. The normalized spacial score (nSPS) is 19.6. The summed E-state index contributed by atoms with van der Waals surface area (Å²) in [5.41, 5.74) is 1.19. The SMILES string of the molecule is CCCc1cnc(N2CCCCC2CC#N)nc1. The Bertz CT molecular complexity index is 407. The van der Waals surface area contributed by atoms with E-state index in [0.717, 1.165) is 31.8 Å². The van der Waals surface area contributed by atoms with Gasteiger partial charge in [-0.05, 0) is 31.2 Å². The van der Waals surface area contributed by atoms with Crippen molar-refractivity contribution in [1.29, 1.82) is 5.26 Å². The minimum atomic E-state index is 0.292. The van der Waals surface area contributed by atoms with Crippen LogP contribution < -0.4 is 4.90 Å². The first-order valence-electron chi connectivity index (χ1n) is 6.79. The lowest BCUT2D eigenvalue weighted by molar-refractivity contribution is 0.457. The zero-order valence-corrected chi connectivity index (χ0v) is 11.0. The molecule has 1 aromatic rings. The molecule has 1 aromatic heterocycles. The van der Waals surface area contributed by atoms with Crippen LogP contribution >= 0.6 is 0 Å². The lowest BCUT2D eigenvalue weighted by Gasteiger charge is -2.34. The van der Waals surface area contributed by atoms with Gasteiger partial charge in [0.2, 0.25) is 5.95 Å². The molecule has 1 saturated heterocycles. The van der Waals surface area contributed by atoms with E-state index in [-0.39, 0.29) is 0 Å². The summed E-state index contributed by atoms with van der Waals surface area (Å²) in [6.07, 6.45) is 10.0. The summed E-state index contributed by atoms with van der Waals surface area (Å²) < 4.78 is 0. The van der Waals surface area contributed by atoms with Crippen molar-refractivity contribution in [3.05, 3.63) is 18.0 Å². The van der Waals surface area contributed by atoms with E-state index in [1.165, 1.54) is 18.4 Å². The molecule has 0 bridgehead atoms. The average molecular weight is 244 g/mol. The molecule has 2 heterocycles. The lowest BCUT2D eigenvalue weighted by atomic mass is 10.0. The van der Waals surface area contributed by atoms with Crippen LogP contribution in [0.1, 0.15) is 44.6 Å². The maximum Gasteiger partial charge on any atom is 0.225 e. The van der Waals surface area contributed by atoms with Crippen LogP contribution in [0, 0.1) is 11.3 Å². The molecule has 18 heavy (non-hydrogen) atoms. The van der Waals surface area contributed by atoms with Crippen LogP contribution in [0.5, 0.6) is 0 Å². The summed E-state index contributed by atoms with van der Waals surface area (Å²) in [7, 11) is 0. The highest BCUT2D eigenvalue weighted by atomic mass is 15.3. The van der Waals surface area contributed by atoms with Crippen LogP contribution in [0.2, 0.25) is 0 Å². The van der Waals surface area contributed by atoms with Gasteiger partial charge in [-0.1, -0.05) is 13.3 Å². The van der Waals surface area contributed by atoms with Gasteiger partial charge in [-0.3, -0.25) is 0 Å². The van der Waals surface area contributed by atoms with Gasteiger partial charge in [0.05, 0.1) is 12.5 Å². The number of hydrogen-bond acceptors (Lipinski definition) is 4. The number of anilines is 1. The zero-order chi connectivity index (χ0) is 12.8. The topological polar surface area (TPSA) is 52.8 Å². The smallest absolute Gasteiger partial charge is 0.225 e. The van der Waals surface area contributed by atoms with Crippen molar-refractivity contribution in [1.82, 2.24) is 9.97 Å². The Balaban J connectivity index is 2.10. The molecule has 0 radical (unpaired) electrons. The summed E-state index contributed by atoms with van der Waals surface area (Å²) >= 11 is 0. The van der Waals surface area contributed by atoms with Gasteiger partial charge < -0.3 is 4.90 Å². The first-order valence-corrected chi connectivity index (χ1v) is 6.79. The fraction of sp³-hybridized carbons (Fsp3) is 0.643. The largest absolute Gasteiger partial charge is 0.337 e. The Kier molecular flexibility index (Phi) is 4.52. The third-order valence-corrected chi connectivity index (χ3v) is 3.44. The molecule has 1 aliphatic heterocycles. The van der Waals surface area contributed by atoms with Crippen molar-refractivity contribution in [3.63, 3.8) is 0 Å². The molecule has 1 aliphatic rings. The molecule has 2 rings (SSSR count). The van der Waals surface area contributed by atoms with Gasteiger partial charge in [0.25, 0.3) is 0 Å². The molecule has 4 heteroatoms. The van der Waals surface area contributed by atoms with E-state index in [1.807, 2.05) is 12.4 Å². The summed E-state index contributed by atoms with van der Waals surface area (Å²) in [4.78, 5) is 11.1. The average Bonchev–Trinajstić information content (AvgIpc) is 2.41. The predicted octanol–water partition coefficient (Wildman–Crippen LogP) is 2.70. The minimum absolute atomic E-state index is 0.292. The van der Waals surface area contributed by atoms with E-state index in [2.05, 4.69) is 27.9 Å². The maximum absolute atomic E-state index is 8.88. The van der Waals surface area contributed by atoms with E-state index in [1.54, 1.807) is 0 Å². The fourth-order valence-electron chi connectivity index (χ4n) is 2.50. The Labute approximate surface area is 109 Å². The van der Waals surface area contributed by atoms with Crippen LogP contribution in [0.25, 0.3) is 0 Å². The molecule has 0 saturated carbocycles. The van der Waals surface area contributed by atoms with Crippen LogP contribution in [-0.4, -0.2) is 22.6 Å². The first-order chi connectivity index (χ1) is 8.85. The van der Waals surface area contributed by atoms with Gasteiger partial charge in [-0.15, -0.1) is 0 Å². The molecule has 4 nitrogen and oxygen atoms in total. The second-order valence-electron chi connectivity index (χ2n) is 4.85. The van der Waals surface area contributed by atoms with Gasteiger partial charge >= 0.3 is 0 Å². The van der Waals surface area contributed by atoms with E-state index in [4.69, 9.17) is 5.26 Å². The predicted molar refractivity (Wildman–Crippen MR) is 71.2 cm³/mol. The van der Waals surface area contributed by atoms with Crippen LogP contribution in [0.3, 0.4) is 0 Å². The van der Waals surface area contributed by atoms with Crippen molar-refractivity contribution < 1.29 is 0 Å². The second kappa shape index (κ2) is 6.34. The summed E-state index contributed by atoms with van der Waals surface area (Å²) in [5, 5.41) is 8.88. The van der Waals surface area contributed by atoms with Crippen molar-refractivity contribution in [3.8, 4) is 6.07 Å². The molecule has 0 spiro atoms.